The molecule has 344 valence electrons. The molecule has 0 saturated heterocycles. The van der Waals surface area contributed by atoms with Crippen molar-refractivity contribution < 1.29 is 48.2 Å². The van der Waals surface area contributed by atoms with Gasteiger partial charge in [-0.3, -0.25) is 14.1 Å². The molecular weight excluding hydrogens is 780 g/mol. The highest BCUT2D eigenvalue weighted by atomic mass is 31.2. The van der Waals surface area contributed by atoms with Gasteiger partial charge < -0.3 is 29.5 Å². The molecule has 0 aromatic carbocycles. The topological polar surface area (TPSA) is 160 Å². The lowest BCUT2D eigenvalue weighted by atomic mass is 10.0. The molecule has 0 bridgehead atoms. The Kier molecular flexibility index (Phi) is 40.8. The SMILES string of the molecule is CC/C=C\C[C@H](O)/C=C/C=C\C/C=C\C=C\[C@H](O)/C=C\CCCC(=O)O[C@H](COC(=O)CCCCCCCCCCCCC/C=C\CCCCCCCC)COP(=O)(O)O. The molecule has 0 heterocycles. The number of hydrogen-bond acceptors (Lipinski definition) is 8. The second-order valence-corrected chi connectivity index (χ2v) is 16.6. The van der Waals surface area contributed by atoms with Gasteiger partial charge in [0.15, 0.2) is 6.10 Å². The minimum Gasteiger partial charge on any atom is -0.462 e. The molecule has 0 aromatic heterocycles. The normalized spacial score (nSPS) is 14.3. The number of ether oxygens (including phenoxy) is 2. The molecule has 0 unspecified atom stereocenters. The number of aliphatic hydroxyl groups excluding tert-OH is 2. The van der Waals surface area contributed by atoms with Gasteiger partial charge in [-0.2, -0.15) is 0 Å². The molecule has 0 aliphatic rings. The summed E-state index contributed by atoms with van der Waals surface area (Å²) in [5, 5.41) is 19.9. The molecule has 0 aromatic rings. The Morgan fingerprint density at radius 2 is 1.08 bits per heavy atom. The molecule has 0 aliphatic heterocycles. The van der Waals surface area contributed by atoms with E-state index in [1.165, 1.54) is 96.3 Å². The van der Waals surface area contributed by atoms with Crippen LogP contribution in [-0.2, 0) is 28.2 Å². The summed E-state index contributed by atoms with van der Waals surface area (Å²) in [7, 11) is -4.82. The van der Waals surface area contributed by atoms with E-state index in [0.717, 1.165) is 25.7 Å². The van der Waals surface area contributed by atoms with Gasteiger partial charge in [0.1, 0.15) is 6.61 Å². The van der Waals surface area contributed by atoms with E-state index in [9.17, 15) is 24.4 Å². The van der Waals surface area contributed by atoms with Gasteiger partial charge in [-0.25, -0.2) is 4.57 Å². The van der Waals surface area contributed by atoms with E-state index in [0.29, 0.717) is 32.1 Å². The molecule has 3 atom stereocenters. The Labute approximate surface area is 364 Å². The van der Waals surface area contributed by atoms with Crippen LogP contribution in [0.2, 0.25) is 0 Å². The predicted molar refractivity (Wildman–Crippen MR) is 246 cm³/mol. The van der Waals surface area contributed by atoms with Gasteiger partial charge >= 0.3 is 19.8 Å². The fourth-order valence-electron chi connectivity index (χ4n) is 6.11. The summed E-state index contributed by atoms with van der Waals surface area (Å²) in [4.78, 5) is 43.0. The monoisotopic (exact) mass is 863 g/mol. The molecule has 4 N–H and O–H groups in total. The number of rotatable bonds is 41. The summed E-state index contributed by atoms with van der Waals surface area (Å²) in [6, 6.07) is 0. The van der Waals surface area contributed by atoms with Crippen molar-refractivity contribution in [2.75, 3.05) is 13.2 Å². The van der Waals surface area contributed by atoms with Crippen molar-refractivity contribution >= 4 is 19.8 Å². The minimum atomic E-state index is -4.82. The van der Waals surface area contributed by atoms with Crippen LogP contribution in [0.15, 0.2) is 85.1 Å². The van der Waals surface area contributed by atoms with E-state index >= 15 is 0 Å². The summed E-state index contributed by atoms with van der Waals surface area (Å²) >= 11 is 0. The second kappa shape index (κ2) is 42.8. The quantitative estimate of drug-likeness (QED) is 0.0153. The van der Waals surface area contributed by atoms with Gasteiger partial charge in [-0.05, 0) is 64.2 Å². The zero-order valence-electron chi connectivity index (χ0n) is 37.3. The molecular formula is C49H83O10P. The van der Waals surface area contributed by atoms with Crippen LogP contribution in [0, 0.1) is 0 Å². The van der Waals surface area contributed by atoms with Gasteiger partial charge in [0.05, 0.1) is 18.8 Å². The number of aliphatic hydroxyl groups is 2. The van der Waals surface area contributed by atoms with Gasteiger partial charge in [-0.15, -0.1) is 0 Å². The summed E-state index contributed by atoms with van der Waals surface area (Å²) in [5.74, 6) is -1.07. The summed E-state index contributed by atoms with van der Waals surface area (Å²) in [5.41, 5.74) is 0. The summed E-state index contributed by atoms with van der Waals surface area (Å²) < 4.78 is 26.3. The van der Waals surface area contributed by atoms with Crippen LogP contribution in [0.3, 0.4) is 0 Å². The van der Waals surface area contributed by atoms with Crippen molar-refractivity contribution in [3.63, 3.8) is 0 Å². The van der Waals surface area contributed by atoms with Crippen molar-refractivity contribution in [3.05, 3.63) is 85.1 Å². The van der Waals surface area contributed by atoms with Crippen molar-refractivity contribution in [3.8, 4) is 0 Å². The lowest BCUT2D eigenvalue weighted by molar-refractivity contribution is -0.161. The maximum absolute atomic E-state index is 12.4. The average Bonchev–Trinajstić information content (AvgIpc) is 3.21. The first kappa shape index (κ1) is 57.1. The van der Waals surface area contributed by atoms with Gasteiger partial charge in [-0.1, -0.05) is 189 Å². The van der Waals surface area contributed by atoms with Crippen molar-refractivity contribution in [1.82, 2.24) is 0 Å². The fraction of sp³-hybridized carbons (Fsp3) is 0.673. The maximum Gasteiger partial charge on any atom is 0.469 e. The van der Waals surface area contributed by atoms with E-state index < -0.39 is 44.7 Å². The van der Waals surface area contributed by atoms with Gasteiger partial charge in [0.25, 0.3) is 0 Å². The number of esters is 2. The highest BCUT2D eigenvalue weighted by Gasteiger charge is 2.22. The molecule has 11 heteroatoms. The third-order valence-corrected chi connectivity index (χ3v) is 10.1. The lowest BCUT2D eigenvalue weighted by Crippen LogP contribution is -2.29. The number of phosphoric ester groups is 1. The zero-order chi connectivity index (χ0) is 44.2. The van der Waals surface area contributed by atoms with Gasteiger partial charge in [0.2, 0.25) is 0 Å². The van der Waals surface area contributed by atoms with Crippen LogP contribution in [0.5, 0.6) is 0 Å². The summed E-state index contributed by atoms with van der Waals surface area (Å²) in [6.07, 6.45) is 50.9. The first-order valence-corrected chi connectivity index (χ1v) is 24.6. The third-order valence-electron chi connectivity index (χ3n) is 9.57. The average molecular weight is 863 g/mol. The van der Waals surface area contributed by atoms with Crippen LogP contribution in [0.1, 0.15) is 181 Å². The Hall–Kier alpha value is -2.85. The second-order valence-electron chi connectivity index (χ2n) is 15.4. The van der Waals surface area contributed by atoms with Crippen molar-refractivity contribution in [2.24, 2.45) is 0 Å². The Balaban J connectivity index is 4.10. The number of carbonyl (C=O) groups excluding carboxylic acids is 2. The molecule has 60 heavy (non-hydrogen) atoms. The Morgan fingerprint density at radius 3 is 1.67 bits per heavy atom. The van der Waals surface area contributed by atoms with E-state index in [1.54, 1.807) is 30.4 Å². The first-order valence-electron chi connectivity index (χ1n) is 23.1. The highest BCUT2D eigenvalue weighted by Crippen LogP contribution is 2.36. The van der Waals surface area contributed by atoms with Crippen LogP contribution in [-0.4, -0.2) is 63.5 Å². The lowest BCUT2D eigenvalue weighted by Gasteiger charge is -2.18. The van der Waals surface area contributed by atoms with E-state index in [1.807, 2.05) is 42.5 Å². The zero-order valence-corrected chi connectivity index (χ0v) is 38.2. The molecule has 0 saturated carbocycles. The number of phosphoric acid groups is 1. The largest absolute Gasteiger partial charge is 0.469 e. The van der Waals surface area contributed by atoms with Crippen molar-refractivity contribution in [2.45, 2.75) is 199 Å². The predicted octanol–water partition coefficient (Wildman–Crippen LogP) is 12.3. The van der Waals surface area contributed by atoms with E-state index in [-0.39, 0.29) is 19.4 Å². The van der Waals surface area contributed by atoms with Crippen LogP contribution in [0.4, 0.5) is 0 Å². The number of allylic oxidation sites excluding steroid dienone is 10. The number of carbonyl (C=O) groups is 2. The van der Waals surface area contributed by atoms with Crippen molar-refractivity contribution in [1.29, 1.82) is 0 Å². The maximum atomic E-state index is 12.4. The molecule has 0 amide bonds. The highest BCUT2D eigenvalue weighted by molar-refractivity contribution is 7.46. The molecule has 0 fully saturated rings. The minimum absolute atomic E-state index is 0.0220. The molecule has 0 aliphatic carbocycles. The first-order chi connectivity index (χ1) is 29.1. The molecule has 0 spiro atoms. The van der Waals surface area contributed by atoms with Crippen LogP contribution in [0.25, 0.3) is 0 Å². The standard InChI is InChI=1S/C49H83O10P/c1-3-5-7-8-9-10-11-12-13-14-15-16-17-18-19-20-21-22-26-29-35-41-48(52)57-43-47(44-58-60(54,55)56)59-49(53)42-36-30-34-40-46(51)39-33-28-25-23-24-27-32-38-45(50)37-31-6-4-2/h6,12-13,24-25,27-28,31-34,38-40,45-47,50-51H,3-5,7-11,14-23,26,29-30,35-37,41-44H2,1-2H3,(H2,54,55,56)/b13-12-,27-24-,28-25-,31-6-,38-32+,39-33+,40-34-/t45-,46-,47+/m0/s1. The van der Waals surface area contributed by atoms with E-state index in [4.69, 9.17) is 19.3 Å². The van der Waals surface area contributed by atoms with Gasteiger partial charge in [0, 0.05) is 12.8 Å². The Bertz CT molecular complexity index is 1280. The number of hydrogen-bond donors (Lipinski definition) is 4. The molecule has 0 rings (SSSR count). The fourth-order valence-corrected chi connectivity index (χ4v) is 6.47. The van der Waals surface area contributed by atoms with Crippen LogP contribution < -0.4 is 0 Å². The molecule has 10 nitrogen and oxygen atoms in total. The van der Waals surface area contributed by atoms with E-state index in [2.05, 4.69) is 30.5 Å². The smallest absolute Gasteiger partial charge is 0.462 e. The Morgan fingerprint density at radius 1 is 0.550 bits per heavy atom. The molecule has 0 radical (unpaired) electrons. The summed E-state index contributed by atoms with van der Waals surface area (Å²) in [6.45, 7) is 3.34. The number of unbranched alkanes of at least 4 members (excludes halogenated alkanes) is 18. The van der Waals surface area contributed by atoms with Crippen LogP contribution >= 0.6 is 7.82 Å². The third kappa shape index (κ3) is 44.7.